The molecule has 0 spiro atoms. The topological polar surface area (TPSA) is 59.6 Å². The van der Waals surface area contributed by atoms with Crippen LogP contribution in [0, 0.1) is 0 Å². The molecule has 6 heteroatoms. The SMILES string of the molecule is COc1cc(CNC(=O)Nc2ccccc2SC2CCCC2)cc(OC)c1. The Morgan fingerprint density at radius 1 is 1.07 bits per heavy atom. The summed E-state index contributed by atoms with van der Waals surface area (Å²) in [6.45, 7) is 0.386. The van der Waals surface area contributed by atoms with Crippen LogP contribution >= 0.6 is 11.8 Å². The minimum Gasteiger partial charge on any atom is -0.497 e. The van der Waals surface area contributed by atoms with Crippen LogP contribution in [0.25, 0.3) is 0 Å². The molecule has 144 valence electrons. The van der Waals surface area contributed by atoms with Crippen LogP contribution in [0.5, 0.6) is 11.5 Å². The van der Waals surface area contributed by atoms with Gasteiger partial charge in [-0.2, -0.15) is 0 Å². The number of methoxy groups -OCH3 is 2. The van der Waals surface area contributed by atoms with E-state index in [1.807, 2.05) is 42.1 Å². The molecule has 27 heavy (non-hydrogen) atoms. The molecule has 0 bridgehead atoms. The number of rotatable bonds is 7. The van der Waals surface area contributed by atoms with Crippen molar-refractivity contribution >= 4 is 23.5 Å². The molecule has 3 rings (SSSR count). The van der Waals surface area contributed by atoms with E-state index in [9.17, 15) is 4.79 Å². The molecule has 1 saturated carbocycles. The molecule has 0 radical (unpaired) electrons. The highest BCUT2D eigenvalue weighted by atomic mass is 32.2. The average Bonchev–Trinajstić information content (AvgIpc) is 3.20. The Balaban J connectivity index is 1.60. The summed E-state index contributed by atoms with van der Waals surface area (Å²) in [5.74, 6) is 1.40. The highest BCUT2D eigenvalue weighted by Crippen LogP contribution is 2.38. The van der Waals surface area contributed by atoms with Gasteiger partial charge in [0.15, 0.2) is 0 Å². The van der Waals surface area contributed by atoms with Crippen molar-refractivity contribution in [2.24, 2.45) is 0 Å². The van der Waals surface area contributed by atoms with Gasteiger partial charge in [0.1, 0.15) is 11.5 Å². The van der Waals surface area contributed by atoms with Crippen LogP contribution in [0.1, 0.15) is 31.2 Å². The monoisotopic (exact) mass is 386 g/mol. The van der Waals surface area contributed by atoms with Crippen molar-refractivity contribution in [2.75, 3.05) is 19.5 Å². The molecule has 0 heterocycles. The fourth-order valence-corrected chi connectivity index (χ4v) is 4.51. The van der Waals surface area contributed by atoms with E-state index >= 15 is 0 Å². The molecule has 0 atom stereocenters. The third-order valence-corrected chi connectivity index (χ3v) is 6.01. The fraction of sp³-hybridized carbons (Fsp3) is 0.381. The lowest BCUT2D eigenvalue weighted by Gasteiger charge is -2.15. The Bertz CT molecular complexity index is 754. The highest BCUT2D eigenvalue weighted by molar-refractivity contribution is 8.00. The quantitative estimate of drug-likeness (QED) is 0.698. The van der Waals surface area contributed by atoms with Gasteiger partial charge in [0, 0.05) is 22.8 Å². The number of anilines is 1. The van der Waals surface area contributed by atoms with E-state index in [0.717, 1.165) is 16.1 Å². The second-order valence-corrected chi connectivity index (χ2v) is 7.89. The van der Waals surface area contributed by atoms with Crippen LogP contribution in [-0.2, 0) is 6.54 Å². The predicted octanol–water partition coefficient (Wildman–Crippen LogP) is 5.06. The predicted molar refractivity (Wildman–Crippen MR) is 110 cm³/mol. The van der Waals surface area contributed by atoms with E-state index in [2.05, 4.69) is 16.7 Å². The van der Waals surface area contributed by atoms with Crippen molar-refractivity contribution in [3.63, 3.8) is 0 Å². The number of amides is 2. The molecular formula is C21H26N2O3S. The number of carbonyl (C=O) groups excluding carboxylic acids is 1. The first-order valence-electron chi connectivity index (χ1n) is 9.20. The largest absolute Gasteiger partial charge is 0.497 e. The summed E-state index contributed by atoms with van der Waals surface area (Å²) in [5.41, 5.74) is 1.77. The minimum absolute atomic E-state index is 0.226. The number of ether oxygens (including phenoxy) is 2. The third kappa shape index (κ3) is 5.57. The Kier molecular flexibility index (Phi) is 6.87. The maximum absolute atomic E-state index is 12.4. The first-order valence-corrected chi connectivity index (χ1v) is 10.1. The van der Waals surface area contributed by atoms with Gasteiger partial charge in [-0.25, -0.2) is 4.79 Å². The van der Waals surface area contributed by atoms with E-state index in [1.165, 1.54) is 25.7 Å². The third-order valence-electron chi connectivity index (χ3n) is 4.60. The van der Waals surface area contributed by atoms with Crippen molar-refractivity contribution in [3.8, 4) is 11.5 Å². The Morgan fingerprint density at radius 2 is 1.74 bits per heavy atom. The smallest absolute Gasteiger partial charge is 0.319 e. The van der Waals surface area contributed by atoms with Gasteiger partial charge in [0.25, 0.3) is 0 Å². The summed E-state index contributed by atoms with van der Waals surface area (Å²) in [4.78, 5) is 13.5. The standard InChI is InChI=1S/C21H26N2O3S/c1-25-16-11-15(12-17(13-16)26-2)14-22-21(24)23-19-9-5-6-10-20(19)27-18-7-3-4-8-18/h5-6,9-13,18H,3-4,7-8,14H2,1-2H3,(H2,22,23,24). The van der Waals surface area contributed by atoms with Crippen LogP contribution < -0.4 is 20.1 Å². The van der Waals surface area contributed by atoms with Crippen molar-refractivity contribution < 1.29 is 14.3 Å². The number of para-hydroxylation sites is 1. The van der Waals surface area contributed by atoms with Crippen LogP contribution in [0.4, 0.5) is 10.5 Å². The van der Waals surface area contributed by atoms with Gasteiger partial charge in [-0.05, 0) is 42.7 Å². The summed E-state index contributed by atoms with van der Waals surface area (Å²) in [7, 11) is 3.22. The zero-order valence-corrected chi connectivity index (χ0v) is 16.6. The molecule has 2 aromatic carbocycles. The number of thioether (sulfide) groups is 1. The van der Waals surface area contributed by atoms with E-state index in [-0.39, 0.29) is 6.03 Å². The van der Waals surface area contributed by atoms with Crippen molar-refractivity contribution in [1.82, 2.24) is 5.32 Å². The molecular weight excluding hydrogens is 360 g/mol. The Morgan fingerprint density at radius 3 is 2.41 bits per heavy atom. The maximum atomic E-state index is 12.4. The van der Waals surface area contributed by atoms with Gasteiger partial charge in [0.2, 0.25) is 0 Å². The number of urea groups is 1. The number of hydrogen-bond donors (Lipinski definition) is 2. The Hall–Kier alpha value is -2.34. The first-order chi connectivity index (χ1) is 13.2. The molecule has 2 N–H and O–H groups in total. The molecule has 1 fully saturated rings. The second-order valence-electron chi connectivity index (χ2n) is 6.55. The van der Waals surface area contributed by atoms with Crippen molar-refractivity contribution in [1.29, 1.82) is 0 Å². The number of hydrogen-bond acceptors (Lipinski definition) is 4. The lowest BCUT2D eigenvalue weighted by Crippen LogP contribution is -2.28. The van der Waals surface area contributed by atoms with Crippen molar-refractivity contribution in [2.45, 2.75) is 42.4 Å². The normalized spacial score (nSPS) is 14.0. The van der Waals surface area contributed by atoms with Gasteiger partial charge >= 0.3 is 6.03 Å². The fourth-order valence-electron chi connectivity index (χ4n) is 3.18. The summed E-state index contributed by atoms with van der Waals surface area (Å²) >= 11 is 1.87. The van der Waals surface area contributed by atoms with E-state index in [0.29, 0.717) is 23.3 Å². The number of carbonyl (C=O) groups is 1. The lowest BCUT2D eigenvalue weighted by molar-refractivity contribution is 0.251. The summed E-state index contributed by atoms with van der Waals surface area (Å²) in [5, 5.41) is 6.53. The summed E-state index contributed by atoms with van der Waals surface area (Å²) in [6.07, 6.45) is 5.11. The lowest BCUT2D eigenvalue weighted by atomic mass is 10.2. The molecule has 0 aliphatic heterocycles. The van der Waals surface area contributed by atoms with Gasteiger partial charge in [0.05, 0.1) is 19.9 Å². The highest BCUT2D eigenvalue weighted by Gasteiger charge is 2.18. The molecule has 1 aliphatic carbocycles. The minimum atomic E-state index is -0.226. The van der Waals surface area contributed by atoms with Crippen LogP contribution in [0.2, 0.25) is 0 Å². The molecule has 0 unspecified atom stereocenters. The van der Waals surface area contributed by atoms with Gasteiger partial charge in [-0.3, -0.25) is 0 Å². The molecule has 5 nitrogen and oxygen atoms in total. The number of benzene rings is 2. The zero-order valence-electron chi connectivity index (χ0n) is 15.8. The number of nitrogens with one attached hydrogen (secondary N) is 2. The van der Waals surface area contributed by atoms with Gasteiger partial charge in [-0.1, -0.05) is 25.0 Å². The average molecular weight is 387 g/mol. The first kappa shape index (κ1) is 19.4. The molecule has 2 aromatic rings. The van der Waals surface area contributed by atoms with Crippen LogP contribution in [0.3, 0.4) is 0 Å². The van der Waals surface area contributed by atoms with Gasteiger partial charge in [-0.15, -0.1) is 11.8 Å². The Labute approximate surface area is 164 Å². The van der Waals surface area contributed by atoms with Crippen molar-refractivity contribution in [3.05, 3.63) is 48.0 Å². The van der Waals surface area contributed by atoms with E-state index in [4.69, 9.17) is 9.47 Å². The molecule has 0 saturated heterocycles. The molecule has 2 amide bonds. The van der Waals surface area contributed by atoms with Crippen LogP contribution in [0.15, 0.2) is 47.4 Å². The summed E-state index contributed by atoms with van der Waals surface area (Å²) in [6, 6.07) is 13.3. The van der Waals surface area contributed by atoms with E-state index in [1.54, 1.807) is 20.3 Å². The molecule has 1 aliphatic rings. The molecule has 0 aromatic heterocycles. The second kappa shape index (κ2) is 9.55. The summed E-state index contributed by atoms with van der Waals surface area (Å²) < 4.78 is 10.5. The maximum Gasteiger partial charge on any atom is 0.319 e. The van der Waals surface area contributed by atoms with E-state index < -0.39 is 0 Å². The zero-order chi connectivity index (χ0) is 19.1. The van der Waals surface area contributed by atoms with Gasteiger partial charge < -0.3 is 20.1 Å². The van der Waals surface area contributed by atoms with Crippen LogP contribution in [-0.4, -0.2) is 25.5 Å².